The Kier molecular flexibility index (Phi) is 3.54. The summed E-state index contributed by atoms with van der Waals surface area (Å²) in [4.78, 5) is 22.9. The van der Waals surface area contributed by atoms with E-state index in [9.17, 15) is 22.8 Å². The fraction of sp³-hybridized carbons (Fsp3) is 0.333. The van der Waals surface area contributed by atoms with Gasteiger partial charge in [-0.15, -0.1) is 0 Å². The summed E-state index contributed by atoms with van der Waals surface area (Å²) in [6.45, 7) is 0. The number of hydrogen-bond donors (Lipinski definition) is 1. The summed E-state index contributed by atoms with van der Waals surface area (Å²) in [7, 11) is 0. The highest BCUT2D eigenvalue weighted by molar-refractivity contribution is 6.34. The number of halogens is 4. The number of Topliss-reactive ketones (excluding diaryl/α,β-unsaturated/α-hetero) is 1. The number of alkyl halides is 3. The summed E-state index contributed by atoms with van der Waals surface area (Å²) in [5.74, 6) is -0.907. The SMILES string of the molecule is O=C1Cc2cc(C(=O)CCC(F)(F)F)c(Cl)cc2N1. The molecule has 0 atom stereocenters. The van der Waals surface area contributed by atoms with Crippen LogP contribution in [0, 0.1) is 0 Å². The van der Waals surface area contributed by atoms with Crippen molar-refractivity contribution in [3.05, 3.63) is 28.3 Å². The van der Waals surface area contributed by atoms with E-state index in [0.29, 0.717) is 11.3 Å². The van der Waals surface area contributed by atoms with Gasteiger partial charge in [0.25, 0.3) is 0 Å². The van der Waals surface area contributed by atoms with Crippen LogP contribution in [0.3, 0.4) is 0 Å². The second kappa shape index (κ2) is 4.85. The number of amides is 1. The van der Waals surface area contributed by atoms with E-state index in [1.54, 1.807) is 0 Å². The molecule has 1 heterocycles. The minimum atomic E-state index is -4.38. The normalized spacial score (nSPS) is 14.2. The summed E-state index contributed by atoms with van der Waals surface area (Å²) < 4.78 is 36.2. The van der Waals surface area contributed by atoms with Crippen LogP contribution in [0.1, 0.15) is 28.8 Å². The van der Waals surface area contributed by atoms with Crippen molar-refractivity contribution in [1.82, 2.24) is 0 Å². The van der Waals surface area contributed by atoms with Gasteiger partial charge in [-0.05, 0) is 17.7 Å². The molecule has 1 amide bonds. The summed E-state index contributed by atoms with van der Waals surface area (Å²) in [5.41, 5.74) is 1.10. The number of carbonyl (C=O) groups excluding carboxylic acids is 2. The van der Waals surface area contributed by atoms with Crippen LogP contribution in [0.5, 0.6) is 0 Å². The lowest BCUT2D eigenvalue weighted by atomic mass is 10.0. The summed E-state index contributed by atoms with van der Waals surface area (Å²) in [6, 6.07) is 2.77. The van der Waals surface area contributed by atoms with Crippen molar-refractivity contribution in [2.45, 2.75) is 25.4 Å². The van der Waals surface area contributed by atoms with Gasteiger partial charge in [-0.2, -0.15) is 13.2 Å². The van der Waals surface area contributed by atoms with Crippen molar-refractivity contribution in [2.75, 3.05) is 5.32 Å². The Balaban J connectivity index is 2.19. The smallest absolute Gasteiger partial charge is 0.325 e. The van der Waals surface area contributed by atoms with Crippen molar-refractivity contribution in [2.24, 2.45) is 0 Å². The molecular formula is C12H9ClF3NO2. The van der Waals surface area contributed by atoms with Crippen LogP contribution in [-0.4, -0.2) is 17.9 Å². The van der Waals surface area contributed by atoms with E-state index in [-0.39, 0.29) is 22.9 Å². The maximum atomic E-state index is 12.1. The molecule has 0 saturated carbocycles. The van der Waals surface area contributed by atoms with Crippen LogP contribution in [-0.2, 0) is 11.2 Å². The van der Waals surface area contributed by atoms with Gasteiger partial charge in [-0.3, -0.25) is 9.59 Å². The van der Waals surface area contributed by atoms with Gasteiger partial charge < -0.3 is 5.32 Å². The van der Waals surface area contributed by atoms with Crippen LogP contribution >= 0.6 is 11.6 Å². The largest absolute Gasteiger partial charge is 0.389 e. The standard InChI is InChI=1S/C12H9ClF3NO2/c13-8-5-9-6(4-11(19)17-9)3-7(8)10(18)1-2-12(14,15)16/h3,5H,1-2,4H2,(H,17,19). The maximum absolute atomic E-state index is 12.1. The molecule has 0 bridgehead atoms. The lowest BCUT2D eigenvalue weighted by molar-refractivity contribution is -0.133. The molecule has 1 aliphatic rings. The van der Waals surface area contributed by atoms with Gasteiger partial charge in [0.05, 0.1) is 17.9 Å². The van der Waals surface area contributed by atoms with E-state index in [4.69, 9.17) is 11.6 Å². The molecule has 0 radical (unpaired) electrons. The molecule has 1 aromatic rings. The predicted octanol–water partition coefficient (Wildman–Crippen LogP) is 3.36. The number of anilines is 1. The molecule has 1 N–H and O–H groups in total. The molecule has 1 aliphatic heterocycles. The quantitative estimate of drug-likeness (QED) is 0.868. The summed E-state index contributed by atoms with van der Waals surface area (Å²) in [5, 5.41) is 2.60. The van der Waals surface area contributed by atoms with Gasteiger partial charge in [0, 0.05) is 17.7 Å². The second-order valence-electron chi connectivity index (χ2n) is 4.25. The van der Waals surface area contributed by atoms with Crippen molar-refractivity contribution in [3.8, 4) is 0 Å². The highest BCUT2D eigenvalue weighted by Gasteiger charge is 2.29. The van der Waals surface area contributed by atoms with Crippen LogP contribution in [0.25, 0.3) is 0 Å². The molecule has 0 fully saturated rings. The second-order valence-corrected chi connectivity index (χ2v) is 4.66. The number of ketones is 1. The summed E-state index contributed by atoms with van der Waals surface area (Å²) >= 11 is 5.85. The van der Waals surface area contributed by atoms with E-state index in [2.05, 4.69) is 5.32 Å². The summed E-state index contributed by atoms with van der Waals surface area (Å²) in [6.07, 6.45) is -6.11. The van der Waals surface area contributed by atoms with Gasteiger partial charge in [0.2, 0.25) is 5.91 Å². The van der Waals surface area contributed by atoms with Gasteiger partial charge in [0.1, 0.15) is 0 Å². The molecule has 0 aromatic heterocycles. The zero-order valence-electron chi connectivity index (χ0n) is 9.60. The molecular weight excluding hydrogens is 283 g/mol. The Labute approximate surface area is 111 Å². The highest BCUT2D eigenvalue weighted by atomic mass is 35.5. The fourth-order valence-electron chi connectivity index (χ4n) is 1.85. The molecule has 0 spiro atoms. The molecule has 102 valence electrons. The van der Waals surface area contributed by atoms with Gasteiger partial charge in [-0.1, -0.05) is 11.6 Å². The number of fused-ring (bicyclic) bond motifs is 1. The van der Waals surface area contributed by atoms with Crippen molar-refractivity contribution in [1.29, 1.82) is 0 Å². The molecule has 0 unspecified atom stereocenters. The van der Waals surface area contributed by atoms with E-state index >= 15 is 0 Å². The zero-order chi connectivity index (χ0) is 14.2. The minimum Gasteiger partial charge on any atom is -0.325 e. The Morgan fingerprint density at radius 2 is 2.05 bits per heavy atom. The molecule has 0 saturated heterocycles. The number of carbonyl (C=O) groups is 2. The molecule has 0 aliphatic carbocycles. The fourth-order valence-corrected chi connectivity index (χ4v) is 2.12. The van der Waals surface area contributed by atoms with E-state index in [1.807, 2.05) is 0 Å². The lowest BCUT2D eigenvalue weighted by Crippen LogP contribution is -2.11. The third-order valence-electron chi connectivity index (χ3n) is 2.75. The Bertz CT molecular complexity index is 555. The molecule has 7 heteroatoms. The van der Waals surface area contributed by atoms with Crippen molar-refractivity contribution >= 4 is 29.0 Å². The molecule has 19 heavy (non-hydrogen) atoms. The third-order valence-corrected chi connectivity index (χ3v) is 3.07. The average molecular weight is 292 g/mol. The Morgan fingerprint density at radius 1 is 1.37 bits per heavy atom. The van der Waals surface area contributed by atoms with Crippen molar-refractivity contribution < 1.29 is 22.8 Å². The predicted molar refractivity (Wildman–Crippen MR) is 63.4 cm³/mol. The van der Waals surface area contributed by atoms with Crippen molar-refractivity contribution in [3.63, 3.8) is 0 Å². The third kappa shape index (κ3) is 3.26. The molecule has 2 rings (SSSR count). The van der Waals surface area contributed by atoms with Crippen LogP contribution < -0.4 is 5.32 Å². The molecule has 1 aromatic carbocycles. The maximum Gasteiger partial charge on any atom is 0.389 e. The van der Waals surface area contributed by atoms with Gasteiger partial charge in [0.15, 0.2) is 5.78 Å². The zero-order valence-corrected chi connectivity index (χ0v) is 10.4. The topological polar surface area (TPSA) is 46.2 Å². The van der Waals surface area contributed by atoms with Crippen LogP contribution in [0.4, 0.5) is 18.9 Å². The number of nitrogens with one attached hydrogen (secondary N) is 1. The minimum absolute atomic E-state index is 0.0289. The van der Waals surface area contributed by atoms with Crippen LogP contribution in [0.2, 0.25) is 5.02 Å². The number of rotatable bonds is 3. The monoisotopic (exact) mass is 291 g/mol. The van der Waals surface area contributed by atoms with E-state index in [1.165, 1.54) is 12.1 Å². The van der Waals surface area contributed by atoms with Gasteiger partial charge >= 0.3 is 6.18 Å². The first-order valence-corrected chi connectivity index (χ1v) is 5.86. The first kappa shape index (κ1) is 13.9. The van der Waals surface area contributed by atoms with Gasteiger partial charge in [-0.25, -0.2) is 0 Å². The lowest BCUT2D eigenvalue weighted by Gasteiger charge is -2.08. The Hall–Kier alpha value is -1.56. The van der Waals surface area contributed by atoms with E-state index in [0.717, 1.165) is 0 Å². The number of benzene rings is 1. The average Bonchev–Trinajstić information content (AvgIpc) is 2.63. The first-order valence-electron chi connectivity index (χ1n) is 5.48. The Morgan fingerprint density at radius 3 is 2.68 bits per heavy atom. The first-order chi connectivity index (χ1) is 8.76. The highest BCUT2D eigenvalue weighted by Crippen LogP contribution is 2.31. The number of hydrogen-bond acceptors (Lipinski definition) is 2. The van der Waals surface area contributed by atoms with Crippen LogP contribution in [0.15, 0.2) is 12.1 Å². The molecule has 3 nitrogen and oxygen atoms in total. The van der Waals surface area contributed by atoms with E-state index < -0.39 is 24.8 Å².